The number of aliphatic carboxylic acids is 1. The highest BCUT2D eigenvalue weighted by Gasteiger charge is 2.54. The Kier molecular flexibility index (Phi) is 7.60. The van der Waals surface area contributed by atoms with E-state index in [1.54, 1.807) is 12.3 Å². The first-order chi connectivity index (χ1) is 17.6. The van der Waals surface area contributed by atoms with Gasteiger partial charge in [0.25, 0.3) is 11.8 Å². The standard InChI is InChI=1S/C19H22N10O5S3/c1-2-34-27-11(8-6-36-18(22)24-8)14(30)26-12-15(31)28-13(17(32)33)7(4-35-16(12)28)5-37-19-25-9(20)3-10(21)29(19)23/h3,6,12,16H,2,4-5,23H2,1H3,(H7,20,21,22,24,26,30,32,33)/p+1/b27-11-/t12?,16-/m1/s1. The maximum atomic E-state index is 13.0. The second-order valence-corrected chi connectivity index (χ2v) is 10.5. The average Bonchev–Trinajstić information content (AvgIpc) is 3.28. The van der Waals surface area contributed by atoms with E-state index in [1.165, 1.54) is 17.8 Å². The van der Waals surface area contributed by atoms with E-state index in [2.05, 4.69) is 20.4 Å². The molecule has 2 aliphatic heterocycles. The molecule has 1 unspecified atom stereocenters. The van der Waals surface area contributed by atoms with E-state index in [1.807, 2.05) is 0 Å². The van der Waals surface area contributed by atoms with Crippen LogP contribution in [-0.4, -0.2) is 73.0 Å². The summed E-state index contributed by atoms with van der Waals surface area (Å²) in [5.41, 5.74) is 17.6. The lowest BCUT2D eigenvalue weighted by Crippen LogP contribution is -2.71. The maximum Gasteiger partial charge on any atom is 0.352 e. The monoisotopic (exact) mass is 567 g/mol. The van der Waals surface area contributed by atoms with E-state index >= 15 is 0 Å². The fraction of sp³-hybridized carbons (Fsp3) is 0.316. The third-order valence-corrected chi connectivity index (χ3v) is 8.23. The van der Waals surface area contributed by atoms with Crippen LogP contribution in [0.4, 0.5) is 16.8 Å². The number of carbonyl (C=O) groups is 3. The Balaban J connectivity index is 1.51. The number of carboxylic acid groups (broad SMARTS) is 1. The first-order valence-electron chi connectivity index (χ1n) is 10.6. The molecule has 1 fully saturated rings. The van der Waals surface area contributed by atoms with Crippen LogP contribution in [0.1, 0.15) is 12.6 Å². The van der Waals surface area contributed by atoms with Crippen LogP contribution in [0.15, 0.2) is 33.0 Å². The molecule has 0 aromatic carbocycles. The molecule has 196 valence electrons. The number of aromatic nitrogens is 3. The Morgan fingerprint density at radius 2 is 2.14 bits per heavy atom. The van der Waals surface area contributed by atoms with E-state index in [0.717, 1.165) is 32.7 Å². The number of β-lactam (4-membered cyclic amide) rings is 1. The second kappa shape index (κ2) is 10.7. The highest BCUT2D eigenvalue weighted by molar-refractivity contribution is 8.01. The smallest absolute Gasteiger partial charge is 0.352 e. The number of hydrogen-bond donors (Lipinski definition) is 6. The summed E-state index contributed by atoms with van der Waals surface area (Å²) in [6, 6.07) is 0.430. The lowest BCUT2D eigenvalue weighted by atomic mass is 10.0. The minimum atomic E-state index is -1.27. The van der Waals surface area contributed by atoms with Gasteiger partial charge in [-0.1, -0.05) is 10.1 Å². The predicted molar refractivity (Wildman–Crippen MR) is 139 cm³/mol. The zero-order chi connectivity index (χ0) is 26.9. The third-order valence-electron chi connectivity index (χ3n) is 5.18. The van der Waals surface area contributed by atoms with Gasteiger partial charge in [0.15, 0.2) is 10.8 Å². The van der Waals surface area contributed by atoms with Crippen molar-refractivity contribution >= 4 is 75.1 Å². The Morgan fingerprint density at radius 3 is 2.78 bits per heavy atom. The van der Waals surface area contributed by atoms with Crippen LogP contribution in [0.25, 0.3) is 0 Å². The number of nitrogens with one attached hydrogen (secondary N) is 1. The average molecular weight is 568 g/mol. The summed E-state index contributed by atoms with van der Waals surface area (Å²) in [4.78, 5) is 52.5. The Bertz CT molecular complexity index is 1330. The van der Waals surface area contributed by atoms with Crippen molar-refractivity contribution < 1.29 is 29.0 Å². The summed E-state index contributed by atoms with van der Waals surface area (Å²) >= 11 is 3.57. The summed E-state index contributed by atoms with van der Waals surface area (Å²) in [6.07, 6.45) is 0. The quantitative estimate of drug-likeness (QED) is 0.0387. The number of nitrogen functional groups attached to an aromatic ring is 4. The van der Waals surface area contributed by atoms with Gasteiger partial charge in [0.05, 0.1) is 6.07 Å². The molecule has 0 spiro atoms. The number of nitrogens with two attached hydrogens (primary N) is 4. The molecular weight excluding hydrogens is 544 g/mol. The molecular formula is C19H23N10O5S3+. The molecule has 2 aliphatic rings. The van der Waals surface area contributed by atoms with Crippen molar-refractivity contribution in [2.75, 3.05) is 41.2 Å². The Morgan fingerprint density at radius 1 is 1.38 bits per heavy atom. The van der Waals surface area contributed by atoms with Crippen molar-refractivity contribution in [2.24, 2.45) is 5.16 Å². The number of oxime groups is 1. The van der Waals surface area contributed by atoms with Gasteiger partial charge in [0.2, 0.25) is 11.6 Å². The first kappa shape index (κ1) is 26.3. The van der Waals surface area contributed by atoms with E-state index in [4.69, 9.17) is 27.9 Å². The first-order valence-corrected chi connectivity index (χ1v) is 13.5. The van der Waals surface area contributed by atoms with Crippen molar-refractivity contribution in [3.8, 4) is 0 Å². The summed E-state index contributed by atoms with van der Waals surface area (Å²) in [7, 11) is 0. The topological polar surface area (TPSA) is 242 Å². The number of rotatable bonds is 9. The molecule has 0 bridgehead atoms. The molecule has 0 radical (unpaired) electrons. The third kappa shape index (κ3) is 5.20. The number of nitrogens with zero attached hydrogens (tertiary/aromatic N) is 5. The van der Waals surface area contributed by atoms with Gasteiger partial charge in [-0.3, -0.25) is 20.3 Å². The van der Waals surface area contributed by atoms with Gasteiger partial charge in [-0.2, -0.15) is 0 Å². The molecule has 10 N–H and O–H groups in total. The molecule has 0 aliphatic carbocycles. The number of anilines is 3. The van der Waals surface area contributed by atoms with Crippen molar-refractivity contribution in [1.82, 2.24) is 20.2 Å². The zero-order valence-corrected chi connectivity index (χ0v) is 21.7. The molecule has 2 aromatic rings. The molecule has 0 saturated carbocycles. The fourth-order valence-electron chi connectivity index (χ4n) is 3.52. The molecule has 15 nitrogen and oxygen atoms in total. The normalized spacial score (nSPS) is 19.3. The second-order valence-electron chi connectivity index (χ2n) is 7.59. The van der Waals surface area contributed by atoms with Crippen LogP contribution in [0.3, 0.4) is 0 Å². The van der Waals surface area contributed by atoms with Gasteiger partial charge in [-0.05, 0) is 24.3 Å². The van der Waals surface area contributed by atoms with Gasteiger partial charge in [-0.25, -0.2) is 9.78 Å². The molecule has 37 heavy (non-hydrogen) atoms. The molecule has 2 atom stereocenters. The lowest BCUT2D eigenvalue weighted by molar-refractivity contribution is -0.667. The van der Waals surface area contributed by atoms with E-state index in [9.17, 15) is 19.5 Å². The van der Waals surface area contributed by atoms with Crippen LogP contribution in [-0.2, 0) is 19.2 Å². The Labute approximate surface area is 222 Å². The minimum absolute atomic E-state index is 0.142. The fourth-order valence-corrected chi connectivity index (χ4v) is 6.50. The number of thioether (sulfide) groups is 2. The van der Waals surface area contributed by atoms with Crippen molar-refractivity contribution in [1.29, 1.82) is 0 Å². The van der Waals surface area contributed by atoms with Gasteiger partial charge in [0.1, 0.15) is 29.4 Å². The van der Waals surface area contributed by atoms with Crippen molar-refractivity contribution in [2.45, 2.75) is 23.5 Å². The SMILES string of the molecule is CCO/N=C(\C(=O)NC1C(=O)N2C(C(=O)O)=C(CSc3nc(N)cc(N)[n+]3N)CS[C@H]12)c1csc(N)n1. The van der Waals surface area contributed by atoms with Gasteiger partial charge < -0.3 is 32.5 Å². The van der Waals surface area contributed by atoms with Crippen molar-refractivity contribution in [3.63, 3.8) is 0 Å². The van der Waals surface area contributed by atoms with Crippen LogP contribution in [0.5, 0.6) is 0 Å². The van der Waals surface area contributed by atoms with Crippen LogP contribution >= 0.6 is 34.9 Å². The van der Waals surface area contributed by atoms with Crippen LogP contribution < -0.4 is 33.0 Å². The minimum Gasteiger partial charge on any atom is -0.477 e. The lowest BCUT2D eigenvalue weighted by Gasteiger charge is -2.49. The van der Waals surface area contributed by atoms with Gasteiger partial charge >= 0.3 is 11.1 Å². The molecule has 4 rings (SSSR count). The Hall–Kier alpha value is -3.77. The highest BCUT2D eigenvalue weighted by Crippen LogP contribution is 2.41. The van der Waals surface area contributed by atoms with E-state index in [0.29, 0.717) is 11.3 Å². The number of amides is 2. The number of hydrogen-bond acceptors (Lipinski definition) is 14. The summed E-state index contributed by atoms with van der Waals surface area (Å²) < 4.78 is 1.14. The molecule has 4 heterocycles. The van der Waals surface area contributed by atoms with Gasteiger partial charge in [0, 0.05) is 16.9 Å². The summed E-state index contributed by atoms with van der Waals surface area (Å²) in [6.45, 7) is 1.90. The maximum absolute atomic E-state index is 13.0. The molecule has 1 saturated heterocycles. The largest absolute Gasteiger partial charge is 0.477 e. The number of carboxylic acids is 1. The van der Waals surface area contributed by atoms with Crippen LogP contribution in [0.2, 0.25) is 0 Å². The van der Waals surface area contributed by atoms with E-state index in [-0.39, 0.29) is 51.4 Å². The van der Waals surface area contributed by atoms with E-state index < -0.39 is 29.2 Å². The molecule has 2 aromatic heterocycles. The molecule has 18 heteroatoms. The number of carbonyl (C=O) groups excluding carboxylic acids is 2. The molecule has 2 amide bonds. The van der Waals surface area contributed by atoms with Gasteiger partial charge in [-0.15, -0.1) is 27.8 Å². The summed E-state index contributed by atoms with van der Waals surface area (Å²) in [5.74, 6) is 4.17. The predicted octanol–water partition coefficient (Wildman–Crippen LogP) is -1.44. The summed E-state index contributed by atoms with van der Waals surface area (Å²) in [5, 5.41) is 17.8. The number of thiazole rings is 1. The van der Waals surface area contributed by atoms with Crippen LogP contribution in [0, 0.1) is 0 Å². The van der Waals surface area contributed by atoms with Crippen molar-refractivity contribution in [3.05, 3.63) is 28.4 Å². The zero-order valence-electron chi connectivity index (χ0n) is 19.3. The highest BCUT2D eigenvalue weighted by atomic mass is 32.2. The number of fused-ring (bicyclic) bond motifs is 1.